The van der Waals surface area contributed by atoms with Crippen molar-refractivity contribution in [3.8, 4) is 0 Å². The Morgan fingerprint density at radius 1 is 1.19 bits per heavy atom. The van der Waals surface area contributed by atoms with Crippen LogP contribution in [0.5, 0.6) is 0 Å². The van der Waals surface area contributed by atoms with Gasteiger partial charge in [-0.2, -0.15) is 11.8 Å². The molecular formula is C18H31NOS. The Bertz CT molecular complexity index is 397. The van der Waals surface area contributed by atoms with Crippen LogP contribution < -0.4 is 5.32 Å². The second-order valence-corrected chi connectivity index (χ2v) is 6.89. The van der Waals surface area contributed by atoms with Crippen LogP contribution >= 0.6 is 11.8 Å². The molecule has 0 fully saturated rings. The van der Waals surface area contributed by atoms with Crippen molar-refractivity contribution in [2.24, 2.45) is 0 Å². The van der Waals surface area contributed by atoms with Crippen LogP contribution in [0.1, 0.15) is 48.1 Å². The smallest absolute Gasteiger partial charge is 0.0470 e. The third-order valence-electron chi connectivity index (χ3n) is 3.65. The molecule has 0 aliphatic rings. The maximum atomic E-state index is 5.12. The van der Waals surface area contributed by atoms with Gasteiger partial charge in [-0.05, 0) is 62.6 Å². The molecule has 1 atom stereocenters. The van der Waals surface area contributed by atoms with Crippen molar-refractivity contribution < 1.29 is 4.74 Å². The Morgan fingerprint density at radius 3 is 2.43 bits per heavy atom. The zero-order valence-corrected chi connectivity index (χ0v) is 15.1. The third kappa shape index (κ3) is 6.41. The SMILES string of the molecule is CCCNC(CSCCCOC)c1c(C)cc(C)cc1C. The Labute approximate surface area is 135 Å². The van der Waals surface area contributed by atoms with Crippen molar-refractivity contribution in [2.75, 3.05) is 31.8 Å². The van der Waals surface area contributed by atoms with Crippen LogP contribution in [0, 0.1) is 20.8 Å². The Kier molecular flexibility index (Phi) is 9.05. The zero-order valence-electron chi connectivity index (χ0n) is 14.3. The van der Waals surface area contributed by atoms with Gasteiger partial charge in [0.05, 0.1) is 0 Å². The fourth-order valence-corrected chi connectivity index (χ4v) is 3.82. The van der Waals surface area contributed by atoms with Crippen LogP contribution in [0.25, 0.3) is 0 Å². The van der Waals surface area contributed by atoms with E-state index in [1.165, 1.54) is 34.4 Å². The van der Waals surface area contributed by atoms with Gasteiger partial charge in [0.25, 0.3) is 0 Å². The van der Waals surface area contributed by atoms with Crippen LogP contribution in [0.3, 0.4) is 0 Å². The molecule has 0 aliphatic carbocycles. The lowest BCUT2D eigenvalue weighted by Crippen LogP contribution is -2.26. The summed E-state index contributed by atoms with van der Waals surface area (Å²) in [4.78, 5) is 0. The van der Waals surface area contributed by atoms with E-state index in [9.17, 15) is 0 Å². The van der Waals surface area contributed by atoms with Crippen molar-refractivity contribution >= 4 is 11.8 Å². The first-order chi connectivity index (χ1) is 10.1. The monoisotopic (exact) mass is 309 g/mol. The van der Waals surface area contributed by atoms with Crippen LogP contribution in [-0.2, 0) is 4.74 Å². The first-order valence-electron chi connectivity index (χ1n) is 7.98. The average Bonchev–Trinajstić information content (AvgIpc) is 2.42. The number of hydrogen-bond donors (Lipinski definition) is 1. The second-order valence-electron chi connectivity index (χ2n) is 5.74. The summed E-state index contributed by atoms with van der Waals surface area (Å²) in [6, 6.07) is 5.06. The van der Waals surface area contributed by atoms with Crippen LogP contribution in [0.4, 0.5) is 0 Å². The van der Waals surface area contributed by atoms with Crippen molar-refractivity contribution in [3.05, 3.63) is 34.4 Å². The molecule has 120 valence electrons. The maximum Gasteiger partial charge on any atom is 0.0470 e. The summed E-state index contributed by atoms with van der Waals surface area (Å²) in [7, 11) is 1.77. The van der Waals surface area contributed by atoms with Gasteiger partial charge < -0.3 is 10.1 Å². The molecule has 0 amide bonds. The molecule has 0 aliphatic heterocycles. The summed E-state index contributed by atoms with van der Waals surface area (Å²) in [6.07, 6.45) is 2.31. The highest BCUT2D eigenvalue weighted by Crippen LogP contribution is 2.26. The zero-order chi connectivity index (χ0) is 15.7. The van der Waals surface area contributed by atoms with Gasteiger partial charge in [0.15, 0.2) is 0 Å². The van der Waals surface area contributed by atoms with Crippen molar-refractivity contribution in [2.45, 2.75) is 46.6 Å². The van der Waals surface area contributed by atoms with Gasteiger partial charge >= 0.3 is 0 Å². The van der Waals surface area contributed by atoms with Gasteiger partial charge in [-0.25, -0.2) is 0 Å². The Morgan fingerprint density at radius 2 is 1.86 bits per heavy atom. The number of nitrogens with one attached hydrogen (secondary N) is 1. The second kappa shape index (κ2) is 10.3. The summed E-state index contributed by atoms with van der Waals surface area (Å²) in [5.41, 5.74) is 5.68. The molecule has 0 heterocycles. The lowest BCUT2D eigenvalue weighted by atomic mass is 9.95. The van der Waals surface area contributed by atoms with Crippen molar-refractivity contribution in [1.82, 2.24) is 5.32 Å². The van der Waals surface area contributed by atoms with Gasteiger partial charge in [0, 0.05) is 25.5 Å². The van der Waals surface area contributed by atoms with Crippen molar-refractivity contribution in [3.63, 3.8) is 0 Å². The van der Waals surface area contributed by atoms with Crippen LogP contribution in [0.15, 0.2) is 12.1 Å². The topological polar surface area (TPSA) is 21.3 Å². The van der Waals surface area contributed by atoms with Crippen LogP contribution in [0.2, 0.25) is 0 Å². The van der Waals surface area contributed by atoms with E-state index >= 15 is 0 Å². The Hall–Kier alpha value is -0.510. The average molecular weight is 310 g/mol. The highest BCUT2D eigenvalue weighted by molar-refractivity contribution is 7.99. The highest BCUT2D eigenvalue weighted by Gasteiger charge is 2.16. The van der Waals surface area contributed by atoms with Gasteiger partial charge in [-0.1, -0.05) is 24.6 Å². The van der Waals surface area contributed by atoms with Gasteiger partial charge in [0.1, 0.15) is 0 Å². The molecule has 0 spiro atoms. The summed E-state index contributed by atoms with van der Waals surface area (Å²) in [5.74, 6) is 2.30. The minimum atomic E-state index is 0.457. The minimum Gasteiger partial charge on any atom is -0.385 e. The molecule has 1 aromatic carbocycles. The number of methoxy groups -OCH3 is 1. The van der Waals surface area contributed by atoms with E-state index in [0.717, 1.165) is 25.3 Å². The molecule has 1 rings (SSSR count). The van der Waals surface area contributed by atoms with E-state index in [0.29, 0.717) is 6.04 Å². The molecule has 0 saturated heterocycles. The van der Waals surface area contributed by atoms with E-state index in [2.05, 4.69) is 45.1 Å². The Balaban J connectivity index is 2.72. The predicted molar refractivity (Wildman–Crippen MR) is 95.5 cm³/mol. The number of hydrogen-bond acceptors (Lipinski definition) is 3. The number of benzene rings is 1. The molecule has 1 unspecified atom stereocenters. The maximum absolute atomic E-state index is 5.12. The predicted octanol–water partition coefficient (Wildman–Crippen LogP) is 4.42. The van der Waals surface area contributed by atoms with E-state index < -0.39 is 0 Å². The molecule has 1 aromatic rings. The normalized spacial score (nSPS) is 12.6. The lowest BCUT2D eigenvalue weighted by molar-refractivity contribution is 0.200. The van der Waals surface area contributed by atoms with E-state index in [1.54, 1.807) is 7.11 Å². The fraction of sp³-hybridized carbons (Fsp3) is 0.667. The van der Waals surface area contributed by atoms with E-state index in [1.807, 2.05) is 11.8 Å². The summed E-state index contributed by atoms with van der Waals surface area (Å²) >= 11 is 2.03. The first kappa shape index (κ1) is 18.5. The molecule has 21 heavy (non-hydrogen) atoms. The number of thioether (sulfide) groups is 1. The fourth-order valence-electron chi connectivity index (χ4n) is 2.81. The number of aryl methyl sites for hydroxylation is 3. The van der Waals surface area contributed by atoms with Gasteiger partial charge in [0.2, 0.25) is 0 Å². The minimum absolute atomic E-state index is 0.457. The lowest BCUT2D eigenvalue weighted by Gasteiger charge is -2.23. The number of rotatable bonds is 10. The molecular weight excluding hydrogens is 278 g/mol. The highest BCUT2D eigenvalue weighted by atomic mass is 32.2. The molecule has 3 heteroatoms. The summed E-state index contributed by atoms with van der Waals surface area (Å²) in [6.45, 7) is 10.8. The standard InChI is InChI=1S/C18H31NOS/c1-6-8-19-17(13-21-10-7-9-20-5)18-15(3)11-14(2)12-16(18)4/h11-12,17,19H,6-10,13H2,1-5H3. The number of ether oxygens (including phenoxy) is 1. The van der Waals surface area contributed by atoms with E-state index in [-0.39, 0.29) is 0 Å². The molecule has 0 aromatic heterocycles. The molecule has 0 bridgehead atoms. The van der Waals surface area contributed by atoms with Crippen molar-refractivity contribution in [1.29, 1.82) is 0 Å². The van der Waals surface area contributed by atoms with Gasteiger partial charge in [-0.15, -0.1) is 0 Å². The van der Waals surface area contributed by atoms with Crippen LogP contribution in [-0.4, -0.2) is 31.8 Å². The quantitative estimate of drug-likeness (QED) is 0.646. The molecule has 1 N–H and O–H groups in total. The first-order valence-corrected chi connectivity index (χ1v) is 9.13. The molecule has 0 radical (unpaired) electrons. The third-order valence-corrected chi connectivity index (χ3v) is 4.80. The van der Waals surface area contributed by atoms with E-state index in [4.69, 9.17) is 4.74 Å². The summed E-state index contributed by atoms with van der Waals surface area (Å²) < 4.78 is 5.12. The largest absolute Gasteiger partial charge is 0.385 e. The molecule has 0 saturated carbocycles. The van der Waals surface area contributed by atoms with Gasteiger partial charge in [-0.3, -0.25) is 0 Å². The molecule has 2 nitrogen and oxygen atoms in total. The summed E-state index contributed by atoms with van der Waals surface area (Å²) in [5, 5.41) is 3.73.